The van der Waals surface area contributed by atoms with Gasteiger partial charge in [0.1, 0.15) is 0 Å². The first kappa shape index (κ1) is 10.1. The maximum Gasteiger partial charge on any atom is 0.0148 e. The fourth-order valence-electron chi connectivity index (χ4n) is 2.95. The summed E-state index contributed by atoms with van der Waals surface area (Å²) in [4.78, 5) is 0. The lowest BCUT2D eigenvalue weighted by Crippen LogP contribution is -2.23. The number of benzene rings is 1. The molecular formula is C15H19N. The summed E-state index contributed by atoms with van der Waals surface area (Å²) in [7, 11) is 0. The first-order chi connectivity index (χ1) is 7.93. The van der Waals surface area contributed by atoms with Gasteiger partial charge in [-0.25, -0.2) is 0 Å². The molecule has 1 atom stereocenters. The lowest BCUT2D eigenvalue weighted by atomic mass is 9.93. The molecule has 1 aliphatic heterocycles. The van der Waals surface area contributed by atoms with Gasteiger partial charge in [0.15, 0.2) is 0 Å². The highest BCUT2D eigenvalue weighted by atomic mass is 14.9. The molecule has 16 heavy (non-hydrogen) atoms. The van der Waals surface area contributed by atoms with Crippen molar-refractivity contribution in [2.45, 2.75) is 31.6 Å². The van der Waals surface area contributed by atoms with Gasteiger partial charge in [-0.3, -0.25) is 0 Å². The molecule has 0 fully saturated rings. The van der Waals surface area contributed by atoms with E-state index in [0.717, 1.165) is 6.54 Å². The molecule has 0 saturated carbocycles. The molecule has 1 nitrogen and oxygen atoms in total. The Hall–Kier alpha value is -1.08. The number of rotatable bonds is 0. The number of fused-ring (bicyclic) bond motifs is 3. The lowest BCUT2D eigenvalue weighted by molar-refractivity contribution is 0.596. The minimum absolute atomic E-state index is 0.606. The molecule has 0 unspecified atom stereocenters. The van der Waals surface area contributed by atoms with Gasteiger partial charge in [0.05, 0.1) is 0 Å². The first-order valence-electron chi connectivity index (χ1n) is 6.41. The van der Waals surface area contributed by atoms with Crippen LogP contribution in [-0.4, -0.2) is 13.1 Å². The summed E-state index contributed by atoms with van der Waals surface area (Å²) in [5.74, 6) is 0.606. The topological polar surface area (TPSA) is 12.0 Å². The van der Waals surface area contributed by atoms with Crippen LogP contribution in [0.25, 0.3) is 0 Å². The maximum atomic E-state index is 3.57. The molecule has 1 aliphatic carbocycles. The molecule has 0 saturated heterocycles. The Morgan fingerprint density at radius 2 is 2.00 bits per heavy atom. The van der Waals surface area contributed by atoms with Gasteiger partial charge in [0, 0.05) is 12.5 Å². The predicted molar refractivity (Wildman–Crippen MR) is 67.7 cm³/mol. The smallest absolute Gasteiger partial charge is 0.0148 e. The molecule has 1 N–H and O–H groups in total. The van der Waals surface area contributed by atoms with E-state index in [1.807, 2.05) is 0 Å². The standard InChI is InChI=1S/C15H19N/c1-2-6-15-13(5-1)8-7-12-4-3-9-16-11-14(15)10-12/h1-2,5-6,10,14,16H,3-4,7-9,11H2/t14-/m0/s1. The Balaban J connectivity index is 2.00. The normalized spacial score (nSPS) is 24.8. The highest BCUT2D eigenvalue weighted by molar-refractivity contribution is 5.37. The van der Waals surface area contributed by atoms with Crippen LogP contribution in [0.5, 0.6) is 0 Å². The molecule has 1 aromatic rings. The quantitative estimate of drug-likeness (QED) is 0.653. The second-order valence-corrected chi connectivity index (χ2v) is 4.94. The summed E-state index contributed by atoms with van der Waals surface area (Å²) in [5.41, 5.74) is 4.79. The first-order valence-corrected chi connectivity index (χ1v) is 6.41. The van der Waals surface area contributed by atoms with E-state index in [4.69, 9.17) is 0 Å². The van der Waals surface area contributed by atoms with Crippen molar-refractivity contribution in [3.63, 3.8) is 0 Å². The van der Waals surface area contributed by atoms with Crippen LogP contribution in [0.3, 0.4) is 0 Å². The van der Waals surface area contributed by atoms with Crippen molar-refractivity contribution in [3.8, 4) is 0 Å². The third-order valence-corrected chi connectivity index (χ3v) is 3.82. The van der Waals surface area contributed by atoms with E-state index in [-0.39, 0.29) is 0 Å². The molecule has 2 aliphatic rings. The fraction of sp³-hybridized carbons (Fsp3) is 0.467. The summed E-state index contributed by atoms with van der Waals surface area (Å²) < 4.78 is 0. The van der Waals surface area contributed by atoms with Crippen LogP contribution in [0, 0.1) is 0 Å². The second-order valence-electron chi connectivity index (χ2n) is 4.94. The number of hydrogen-bond acceptors (Lipinski definition) is 1. The van der Waals surface area contributed by atoms with E-state index in [9.17, 15) is 0 Å². The van der Waals surface area contributed by atoms with E-state index < -0.39 is 0 Å². The van der Waals surface area contributed by atoms with Gasteiger partial charge in [-0.05, 0) is 43.4 Å². The Kier molecular flexibility index (Phi) is 2.79. The third kappa shape index (κ3) is 1.92. The van der Waals surface area contributed by atoms with Crippen molar-refractivity contribution in [3.05, 3.63) is 47.0 Å². The Morgan fingerprint density at radius 1 is 1.06 bits per heavy atom. The van der Waals surface area contributed by atoms with E-state index in [0.29, 0.717) is 5.92 Å². The van der Waals surface area contributed by atoms with Crippen LogP contribution in [0.4, 0.5) is 0 Å². The summed E-state index contributed by atoms with van der Waals surface area (Å²) in [6.07, 6.45) is 7.62. The van der Waals surface area contributed by atoms with Gasteiger partial charge in [0.2, 0.25) is 0 Å². The zero-order valence-electron chi connectivity index (χ0n) is 9.71. The molecule has 2 bridgehead atoms. The highest BCUT2D eigenvalue weighted by Gasteiger charge is 2.18. The molecule has 1 heterocycles. The van der Waals surface area contributed by atoms with Crippen molar-refractivity contribution < 1.29 is 0 Å². The van der Waals surface area contributed by atoms with Gasteiger partial charge in [-0.1, -0.05) is 35.9 Å². The van der Waals surface area contributed by atoms with Crippen LogP contribution in [0.1, 0.15) is 36.3 Å². The van der Waals surface area contributed by atoms with Crippen molar-refractivity contribution >= 4 is 0 Å². The molecule has 84 valence electrons. The Labute approximate surface area is 97.6 Å². The van der Waals surface area contributed by atoms with E-state index >= 15 is 0 Å². The van der Waals surface area contributed by atoms with E-state index in [1.165, 1.54) is 32.2 Å². The van der Waals surface area contributed by atoms with Crippen molar-refractivity contribution in [2.75, 3.05) is 13.1 Å². The van der Waals surface area contributed by atoms with Gasteiger partial charge < -0.3 is 5.32 Å². The van der Waals surface area contributed by atoms with Gasteiger partial charge >= 0.3 is 0 Å². The van der Waals surface area contributed by atoms with E-state index in [2.05, 4.69) is 35.7 Å². The van der Waals surface area contributed by atoms with E-state index in [1.54, 1.807) is 16.7 Å². The second kappa shape index (κ2) is 4.42. The number of allylic oxidation sites excluding steroid dienone is 1. The number of nitrogens with one attached hydrogen (secondary N) is 1. The SMILES string of the molecule is C1=C2CCCNC[C@H]1c1ccccc1CC2. The molecule has 0 radical (unpaired) electrons. The van der Waals surface area contributed by atoms with Gasteiger partial charge in [-0.15, -0.1) is 0 Å². The molecule has 1 aromatic carbocycles. The largest absolute Gasteiger partial charge is 0.316 e. The van der Waals surface area contributed by atoms with Crippen LogP contribution < -0.4 is 5.32 Å². The Morgan fingerprint density at radius 3 is 3.00 bits per heavy atom. The zero-order chi connectivity index (χ0) is 10.8. The average molecular weight is 213 g/mol. The molecule has 1 heteroatoms. The lowest BCUT2D eigenvalue weighted by Gasteiger charge is -2.18. The number of aryl methyl sites for hydroxylation is 1. The van der Waals surface area contributed by atoms with Gasteiger partial charge in [-0.2, -0.15) is 0 Å². The molecule has 3 rings (SSSR count). The minimum Gasteiger partial charge on any atom is -0.316 e. The van der Waals surface area contributed by atoms with Crippen molar-refractivity contribution in [2.24, 2.45) is 0 Å². The molecule has 0 aromatic heterocycles. The van der Waals surface area contributed by atoms with Crippen molar-refractivity contribution in [1.82, 2.24) is 5.32 Å². The van der Waals surface area contributed by atoms with Crippen LogP contribution in [0.2, 0.25) is 0 Å². The monoisotopic (exact) mass is 213 g/mol. The summed E-state index contributed by atoms with van der Waals surface area (Å²) >= 11 is 0. The maximum absolute atomic E-state index is 3.57. The molecule has 0 spiro atoms. The molecular weight excluding hydrogens is 194 g/mol. The zero-order valence-corrected chi connectivity index (χ0v) is 9.71. The Bertz CT molecular complexity index is 406. The van der Waals surface area contributed by atoms with Crippen molar-refractivity contribution in [1.29, 1.82) is 0 Å². The fourth-order valence-corrected chi connectivity index (χ4v) is 2.95. The van der Waals surface area contributed by atoms with Crippen LogP contribution >= 0.6 is 0 Å². The molecule has 0 amide bonds. The average Bonchev–Trinajstić information content (AvgIpc) is 2.47. The summed E-state index contributed by atoms with van der Waals surface area (Å²) in [6, 6.07) is 8.96. The summed E-state index contributed by atoms with van der Waals surface area (Å²) in [5, 5.41) is 3.57. The van der Waals surface area contributed by atoms with Crippen LogP contribution in [-0.2, 0) is 6.42 Å². The third-order valence-electron chi connectivity index (χ3n) is 3.82. The van der Waals surface area contributed by atoms with Crippen LogP contribution in [0.15, 0.2) is 35.9 Å². The summed E-state index contributed by atoms with van der Waals surface area (Å²) in [6.45, 7) is 2.29. The highest BCUT2D eigenvalue weighted by Crippen LogP contribution is 2.31. The minimum atomic E-state index is 0.606. The number of hydrogen-bond donors (Lipinski definition) is 1. The van der Waals surface area contributed by atoms with Gasteiger partial charge in [0.25, 0.3) is 0 Å². The predicted octanol–water partition coefficient (Wildman–Crippen LogP) is 3.03.